The van der Waals surface area contributed by atoms with Crippen molar-refractivity contribution in [1.29, 1.82) is 0 Å². The highest BCUT2D eigenvalue weighted by Crippen LogP contribution is 2.27. The van der Waals surface area contributed by atoms with Gasteiger partial charge in [-0.1, -0.05) is 74.9 Å². The Kier molecular flexibility index (Phi) is 10.9. The van der Waals surface area contributed by atoms with Crippen LogP contribution in [0.1, 0.15) is 38.7 Å². The number of anilines is 1. The summed E-state index contributed by atoms with van der Waals surface area (Å²) < 4.78 is 34.1. The Morgan fingerprint density at radius 3 is 2.21 bits per heavy atom. The molecule has 39 heavy (non-hydrogen) atoms. The molecule has 1 unspecified atom stereocenters. The number of nitrogens with zero attached hydrogens (tertiary/aromatic N) is 2. The van der Waals surface area contributed by atoms with Crippen molar-refractivity contribution >= 4 is 27.5 Å². The molecule has 3 rings (SSSR count). The SMILES string of the molecule is CCCCNC(=O)C(CC)N(Cc1ccccc1)C(=O)CN(c1cccc(OC)c1)S(=O)(=O)c1ccccc1. The fourth-order valence-corrected chi connectivity index (χ4v) is 5.65. The van der Waals surface area contributed by atoms with Crippen LogP contribution in [0.4, 0.5) is 5.69 Å². The zero-order valence-corrected chi connectivity index (χ0v) is 23.6. The first-order chi connectivity index (χ1) is 18.8. The number of hydrogen-bond donors (Lipinski definition) is 1. The zero-order chi connectivity index (χ0) is 28.3. The smallest absolute Gasteiger partial charge is 0.264 e. The average Bonchev–Trinajstić information content (AvgIpc) is 2.96. The zero-order valence-electron chi connectivity index (χ0n) is 22.7. The first-order valence-corrected chi connectivity index (χ1v) is 14.6. The van der Waals surface area contributed by atoms with Gasteiger partial charge in [0.1, 0.15) is 18.3 Å². The lowest BCUT2D eigenvalue weighted by Gasteiger charge is -2.33. The molecule has 0 aliphatic carbocycles. The van der Waals surface area contributed by atoms with E-state index in [1.54, 1.807) is 42.5 Å². The summed E-state index contributed by atoms with van der Waals surface area (Å²) in [6.07, 6.45) is 2.13. The Morgan fingerprint density at radius 2 is 1.59 bits per heavy atom. The summed E-state index contributed by atoms with van der Waals surface area (Å²) in [5, 5.41) is 2.93. The van der Waals surface area contributed by atoms with Crippen LogP contribution in [0.25, 0.3) is 0 Å². The minimum Gasteiger partial charge on any atom is -0.497 e. The summed E-state index contributed by atoms with van der Waals surface area (Å²) in [6.45, 7) is 4.06. The Bertz CT molecular complexity index is 1320. The molecule has 0 spiro atoms. The van der Waals surface area contributed by atoms with E-state index >= 15 is 0 Å². The first kappa shape index (κ1) is 29.7. The number of benzene rings is 3. The second-order valence-electron chi connectivity index (χ2n) is 9.10. The van der Waals surface area contributed by atoms with E-state index < -0.39 is 28.5 Å². The van der Waals surface area contributed by atoms with Gasteiger partial charge in [-0.15, -0.1) is 0 Å². The first-order valence-electron chi connectivity index (χ1n) is 13.1. The standard InChI is InChI=1S/C30H37N3O5S/c1-4-6-20-31-30(35)28(5-2)32(22-24-14-9-7-10-15-24)29(34)23-33(25-16-13-17-26(21-25)38-3)39(36,37)27-18-11-8-12-19-27/h7-19,21,28H,4-6,20,22-23H2,1-3H3,(H,31,35). The Hall–Kier alpha value is -3.85. The summed E-state index contributed by atoms with van der Waals surface area (Å²) in [5.74, 6) is -0.288. The molecule has 9 heteroatoms. The molecular formula is C30H37N3O5S. The van der Waals surface area contributed by atoms with E-state index in [1.165, 1.54) is 24.1 Å². The van der Waals surface area contributed by atoms with Gasteiger partial charge >= 0.3 is 0 Å². The number of rotatable bonds is 14. The lowest BCUT2D eigenvalue weighted by atomic mass is 10.1. The van der Waals surface area contributed by atoms with E-state index in [9.17, 15) is 18.0 Å². The molecule has 3 aromatic carbocycles. The molecule has 0 fully saturated rings. The van der Waals surface area contributed by atoms with Crippen molar-refractivity contribution in [2.75, 3.05) is 24.5 Å². The van der Waals surface area contributed by atoms with E-state index in [-0.39, 0.29) is 23.0 Å². The van der Waals surface area contributed by atoms with Gasteiger partial charge in [-0.3, -0.25) is 13.9 Å². The summed E-state index contributed by atoms with van der Waals surface area (Å²) in [6, 6.07) is 23.1. The quantitative estimate of drug-likeness (QED) is 0.295. The molecule has 8 nitrogen and oxygen atoms in total. The molecule has 0 aliphatic rings. The molecule has 0 aliphatic heterocycles. The third-order valence-electron chi connectivity index (χ3n) is 6.36. The van der Waals surface area contributed by atoms with Gasteiger partial charge in [0.25, 0.3) is 10.0 Å². The third kappa shape index (κ3) is 7.83. The second kappa shape index (κ2) is 14.3. The molecule has 1 N–H and O–H groups in total. The van der Waals surface area contributed by atoms with Crippen LogP contribution in [0.15, 0.2) is 89.8 Å². The lowest BCUT2D eigenvalue weighted by molar-refractivity contribution is -0.140. The largest absolute Gasteiger partial charge is 0.497 e. The maximum Gasteiger partial charge on any atom is 0.264 e. The number of carbonyl (C=O) groups is 2. The number of carbonyl (C=O) groups excluding carboxylic acids is 2. The van der Waals surface area contributed by atoms with Gasteiger partial charge in [-0.05, 0) is 42.7 Å². The third-order valence-corrected chi connectivity index (χ3v) is 8.15. The van der Waals surface area contributed by atoms with Gasteiger partial charge in [0, 0.05) is 19.2 Å². The van der Waals surface area contributed by atoms with E-state index in [2.05, 4.69) is 5.32 Å². The second-order valence-corrected chi connectivity index (χ2v) is 11.0. The molecule has 0 saturated carbocycles. The van der Waals surface area contributed by atoms with Crippen molar-refractivity contribution in [3.05, 3.63) is 90.5 Å². The van der Waals surface area contributed by atoms with Crippen LogP contribution in [0.2, 0.25) is 0 Å². The predicted molar refractivity (Wildman–Crippen MR) is 153 cm³/mol. The Labute approximate surface area is 231 Å². The molecule has 1 atom stereocenters. The van der Waals surface area contributed by atoms with E-state index in [1.807, 2.05) is 44.2 Å². The van der Waals surface area contributed by atoms with Crippen LogP contribution in [0.5, 0.6) is 5.75 Å². The monoisotopic (exact) mass is 551 g/mol. The van der Waals surface area contributed by atoms with Gasteiger partial charge in [-0.2, -0.15) is 0 Å². The summed E-state index contributed by atoms with van der Waals surface area (Å²) in [7, 11) is -2.63. The molecule has 0 aromatic heterocycles. The Morgan fingerprint density at radius 1 is 0.923 bits per heavy atom. The van der Waals surface area contributed by atoms with Gasteiger partial charge < -0.3 is 15.0 Å². The summed E-state index contributed by atoms with van der Waals surface area (Å²) in [5.41, 5.74) is 1.12. The number of methoxy groups -OCH3 is 1. The van der Waals surface area contributed by atoms with Crippen molar-refractivity contribution in [3.8, 4) is 5.75 Å². The van der Waals surface area contributed by atoms with E-state index in [0.29, 0.717) is 18.7 Å². The lowest BCUT2D eigenvalue weighted by Crippen LogP contribution is -2.52. The van der Waals surface area contributed by atoms with Crippen molar-refractivity contribution < 1.29 is 22.7 Å². The predicted octanol–water partition coefficient (Wildman–Crippen LogP) is 4.61. The van der Waals surface area contributed by atoms with E-state index in [4.69, 9.17) is 4.74 Å². The Balaban J connectivity index is 2.02. The molecule has 3 aromatic rings. The van der Waals surface area contributed by atoms with Crippen molar-refractivity contribution in [1.82, 2.24) is 10.2 Å². The number of hydrogen-bond acceptors (Lipinski definition) is 5. The number of sulfonamides is 1. The maximum absolute atomic E-state index is 14.0. The van der Waals surface area contributed by atoms with Crippen LogP contribution in [-0.2, 0) is 26.2 Å². The van der Waals surface area contributed by atoms with Gasteiger partial charge in [0.05, 0.1) is 17.7 Å². The summed E-state index contributed by atoms with van der Waals surface area (Å²) >= 11 is 0. The average molecular weight is 552 g/mol. The highest BCUT2D eigenvalue weighted by Gasteiger charge is 2.33. The van der Waals surface area contributed by atoms with Crippen LogP contribution >= 0.6 is 0 Å². The summed E-state index contributed by atoms with van der Waals surface area (Å²) in [4.78, 5) is 28.7. The number of unbranched alkanes of at least 4 members (excludes halogenated alkanes) is 1. The molecule has 0 saturated heterocycles. The number of amides is 2. The highest BCUT2D eigenvalue weighted by molar-refractivity contribution is 7.92. The van der Waals surface area contributed by atoms with Crippen molar-refractivity contribution in [3.63, 3.8) is 0 Å². The van der Waals surface area contributed by atoms with Crippen LogP contribution in [0.3, 0.4) is 0 Å². The fraction of sp³-hybridized carbons (Fsp3) is 0.333. The van der Waals surface area contributed by atoms with Crippen LogP contribution in [0, 0.1) is 0 Å². The van der Waals surface area contributed by atoms with Crippen molar-refractivity contribution in [2.24, 2.45) is 0 Å². The highest BCUT2D eigenvalue weighted by atomic mass is 32.2. The number of ether oxygens (including phenoxy) is 1. The number of nitrogens with one attached hydrogen (secondary N) is 1. The molecule has 0 bridgehead atoms. The molecule has 2 amide bonds. The molecular weight excluding hydrogens is 514 g/mol. The van der Waals surface area contributed by atoms with Crippen LogP contribution < -0.4 is 14.4 Å². The van der Waals surface area contributed by atoms with Gasteiger partial charge in [0.2, 0.25) is 11.8 Å². The van der Waals surface area contributed by atoms with Gasteiger partial charge in [0.15, 0.2) is 0 Å². The fourth-order valence-electron chi connectivity index (χ4n) is 4.22. The normalized spacial score (nSPS) is 11.9. The minimum atomic E-state index is -4.12. The molecule has 0 radical (unpaired) electrons. The molecule has 208 valence electrons. The van der Waals surface area contributed by atoms with E-state index in [0.717, 1.165) is 22.7 Å². The van der Waals surface area contributed by atoms with Gasteiger partial charge in [-0.25, -0.2) is 8.42 Å². The molecule has 0 heterocycles. The topological polar surface area (TPSA) is 96.0 Å². The van der Waals surface area contributed by atoms with Crippen LogP contribution in [-0.4, -0.2) is 51.4 Å². The van der Waals surface area contributed by atoms with Crippen molar-refractivity contribution in [2.45, 2.75) is 50.6 Å². The maximum atomic E-state index is 14.0. The minimum absolute atomic E-state index is 0.0552.